The van der Waals surface area contributed by atoms with E-state index >= 15 is 0 Å². The summed E-state index contributed by atoms with van der Waals surface area (Å²) in [5.74, 6) is 0.456. The first-order chi connectivity index (χ1) is 12.2. The number of carbonyl (C=O) groups excluding carboxylic acids is 1. The molecular formula is C20H27NO3S2. The van der Waals surface area contributed by atoms with Crippen LogP contribution in [0, 0.1) is 5.92 Å². The van der Waals surface area contributed by atoms with Crippen LogP contribution in [0.15, 0.2) is 46.7 Å². The quantitative estimate of drug-likeness (QED) is 0.716. The fourth-order valence-corrected chi connectivity index (χ4v) is 5.48. The molecule has 0 aliphatic heterocycles. The van der Waals surface area contributed by atoms with Crippen LogP contribution in [-0.2, 0) is 14.6 Å². The first-order valence-electron chi connectivity index (χ1n) is 8.85. The molecule has 142 valence electrons. The van der Waals surface area contributed by atoms with Gasteiger partial charge >= 0.3 is 0 Å². The van der Waals surface area contributed by atoms with E-state index < -0.39 is 15.1 Å². The van der Waals surface area contributed by atoms with Crippen molar-refractivity contribution in [3.05, 3.63) is 52.2 Å². The Morgan fingerprint density at radius 1 is 1.08 bits per heavy atom. The summed E-state index contributed by atoms with van der Waals surface area (Å²) in [4.78, 5) is 13.0. The molecule has 1 N–H and O–H groups in total. The first kappa shape index (κ1) is 20.6. The number of benzene rings is 1. The SMILES string of the molecule is CC(C)CC(=O)NC[C@@H](c1cccs1)S(=O)(=O)c1ccc(C(C)C)cc1. The molecule has 6 heteroatoms. The minimum Gasteiger partial charge on any atom is -0.354 e. The summed E-state index contributed by atoms with van der Waals surface area (Å²) in [6.45, 7) is 8.15. The van der Waals surface area contributed by atoms with Crippen LogP contribution in [0.4, 0.5) is 0 Å². The molecule has 2 aromatic rings. The maximum Gasteiger partial charge on any atom is 0.220 e. The van der Waals surface area contributed by atoms with Crippen molar-refractivity contribution >= 4 is 27.1 Å². The predicted octanol–water partition coefficient (Wildman–Crippen LogP) is 4.55. The number of rotatable bonds is 8. The van der Waals surface area contributed by atoms with Gasteiger partial charge in [-0.2, -0.15) is 0 Å². The average molecular weight is 394 g/mol. The molecule has 0 aliphatic carbocycles. The Morgan fingerprint density at radius 2 is 1.73 bits per heavy atom. The zero-order valence-corrected chi connectivity index (χ0v) is 17.4. The van der Waals surface area contributed by atoms with Crippen molar-refractivity contribution in [3.63, 3.8) is 0 Å². The van der Waals surface area contributed by atoms with Crippen molar-refractivity contribution in [1.82, 2.24) is 5.32 Å². The molecule has 1 amide bonds. The second-order valence-electron chi connectivity index (χ2n) is 7.17. The van der Waals surface area contributed by atoms with E-state index in [1.54, 1.807) is 12.1 Å². The zero-order valence-electron chi connectivity index (χ0n) is 15.7. The molecule has 2 rings (SSSR count). The zero-order chi connectivity index (χ0) is 19.3. The summed E-state index contributed by atoms with van der Waals surface area (Å²) >= 11 is 1.40. The fourth-order valence-electron chi connectivity index (χ4n) is 2.69. The molecule has 0 fully saturated rings. The molecule has 0 aliphatic rings. The molecule has 0 radical (unpaired) electrons. The van der Waals surface area contributed by atoms with E-state index in [0.717, 1.165) is 10.4 Å². The number of hydrogen-bond acceptors (Lipinski definition) is 4. The van der Waals surface area contributed by atoms with Crippen molar-refractivity contribution in [1.29, 1.82) is 0 Å². The van der Waals surface area contributed by atoms with Gasteiger partial charge in [0.1, 0.15) is 5.25 Å². The summed E-state index contributed by atoms with van der Waals surface area (Å²) in [6.07, 6.45) is 0.389. The number of thiophene rings is 1. The van der Waals surface area contributed by atoms with Crippen LogP contribution in [0.5, 0.6) is 0 Å². The minimum absolute atomic E-state index is 0.0837. The molecule has 1 aromatic heterocycles. The molecule has 0 unspecified atom stereocenters. The molecule has 1 atom stereocenters. The number of hydrogen-bond donors (Lipinski definition) is 1. The lowest BCUT2D eigenvalue weighted by atomic mass is 10.0. The summed E-state index contributed by atoms with van der Waals surface area (Å²) in [5.41, 5.74) is 1.10. The van der Waals surface area contributed by atoms with Gasteiger partial charge in [0.25, 0.3) is 0 Å². The van der Waals surface area contributed by atoms with Gasteiger partial charge < -0.3 is 5.32 Å². The van der Waals surface area contributed by atoms with Crippen LogP contribution in [0.3, 0.4) is 0 Å². The highest BCUT2D eigenvalue weighted by Crippen LogP contribution is 2.32. The van der Waals surface area contributed by atoms with Crippen molar-refractivity contribution in [2.45, 2.75) is 50.2 Å². The summed E-state index contributed by atoms with van der Waals surface area (Å²) in [5, 5.41) is 3.88. The lowest BCUT2D eigenvalue weighted by Gasteiger charge is -2.18. The largest absolute Gasteiger partial charge is 0.354 e. The highest BCUT2D eigenvalue weighted by molar-refractivity contribution is 7.91. The van der Waals surface area contributed by atoms with Crippen molar-refractivity contribution in [3.8, 4) is 0 Å². The van der Waals surface area contributed by atoms with Crippen molar-refractivity contribution in [2.75, 3.05) is 6.54 Å². The summed E-state index contributed by atoms with van der Waals surface area (Å²) in [6, 6.07) is 10.7. The maximum atomic E-state index is 13.2. The number of amides is 1. The molecule has 0 saturated heterocycles. The third kappa shape index (κ3) is 5.17. The van der Waals surface area contributed by atoms with Gasteiger partial charge in [0.05, 0.1) is 4.90 Å². The van der Waals surface area contributed by atoms with Crippen molar-refractivity contribution in [2.24, 2.45) is 5.92 Å². The van der Waals surface area contributed by atoms with E-state index in [-0.39, 0.29) is 18.4 Å². The van der Waals surface area contributed by atoms with Gasteiger partial charge in [0.15, 0.2) is 9.84 Å². The Morgan fingerprint density at radius 3 is 2.23 bits per heavy atom. The van der Waals surface area contributed by atoms with Crippen LogP contribution in [0.25, 0.3) is 0 Å². The fraction of sp³-hybridized carbons (Fsp3) is 0.450. The predicted molar refractivity (Wildman–Crippen MR) is 107 cm³/mol. The van der Waals surface area contributed by atoms with E-state index in [2.05, 4.69) is 19.2 Å². The Labute approximate surface area is 160 Å². The standard InChI is InChI=1S/C20H27NO3S2/c1-14(2)12-20(22)21-13-19(18-6-5-11-25-18)26(23,24)17-9-7-16(8-10-17)15(3)4/h5-11,14-15,19H,12-13H2,1-4H3,(H,21,22)/t19-/m0/s1. The number of carbonyl (C=O) groups is 1. The Bertz CT molecular complexity index is 807. The van der Waals surface area contributed by atoms with E-state index in [1.807, 2.05) is 43.5 Å². The Hall–Kier alpha value is -1.66. The van der Waals surface area contributed by atoms with Crippen molar-refractivity contribution < 1.29 is 13.2 Å². The van der Waals surface area contributed by atoms with Crippen LogP contribution < -0.4 is 5.32 Å². The van der Waals surface area contributed by atoms with Gasteiger partial charge in [-0.3, -0.25) is 4.79 Å². The van der Waals surface area contributed by atoms with E-state index in [4.69, 9.17) is 0 Å². The smallest absolute Gasteiger partial charge is 0.220 e. The molecule has 0 saturated carbocycles. The average Bonchev–Trinajstić information content (AvgIpc) is 3.08. The molecule has 26 heavy (non-hydrogen) atoms. The van der Waals surface area contributed by atoms with E-state index in [0.29, 0.717) is 17.2 Å². The normalized spacial score (nSPS) is 13.2. The molecular weight excluding hydrogens is 366 g/mol. The minimum atomic E-state index is -3.59. The third-order valence-electron chi connectivity index (χ3n) is 4.19. The summed E-state index contributed by atoms with van der Waals surface area (Å²) in [7, 11) is -3.59. The molecule has 1 heterocycles. The monoisotopic (exact) mass is 393 g/mol. The Balaban J connectivity index is 2.27. The van der Waals surface area contributed by atoms with Gasteiger partial charge in [-0.15, -0.1) is 11.3 Å². The van der Waals surface area contributed by atoms with Crippen LogP contribution in [0.2, 0.25) is 0 Å². The molecule has 0 bridgehead atoms. The lowest BCUT2D eigenvalue weighted by molar-refractivity contribution is -0.121. The Kier molecular flexibility index (Phi) is 7.01. The summed E-state index contributed by atoms with van der Waals surface area (Å²) < 4.78 is 26.4. The van der Waals surface area contributed by atoms with Gasteiger partial charge in [0.2, 0.25) is 5.91 Å². The lowest BCUT2D eigenvalue weighted by Crippen LogP contribution is -2.32. The molecule has 0 spiro atoms. The highest BCUT2D eigenvalue weighted by Gasteiger charge is 2.30. The van der Waals surface area contributed by atoms with Gasteiger partial charge in [-0.1, -0.05) is 45.9 Å². The maximum absolute atomic E-state index is 13.2. The number of nitrogens with one attached hydrogen (secondary N) is 1. The highest BCUT2D eigenvalue weighted by atomic mass is 32.2. The molecule has 4 nitrogen and oxygen atoms in total. The van der Waals surface area contributed by atoms with Crippen LogP contribution in [-0.4, -0.2) is 20.9 Å². The second kappa shape index (κ2) is 8.82. The number of sulfone groups is 1. The van der Waals surface area contributed by atoms with E-state index in [9.17, 15) is 13.2 Å². The van der Waals surface area contributed by atoms with Crippen LogP contribution in [0.1, 0.15) is 55.7 Å². The van der Waals surface area contributed by atoms with Gasteiger partial charge in [0, 0.05) is 17.8 Å². The topological polar surface area (TPSA) is 63.2 Å². The second-order valence-corrected chi connectivity index (χ2v) is 10.3. The first-order valence-corrected chi connectivity index (χ1v) is 11.3. The van der Waals surface area contributed by atoms with Gasteiger partial charge in [-0.25, -0.2) is 8.42 Å². The third-order valence-corrected chi connectivity index (χ3v) is 7.42. The van der Waals surface area contributed by atoms with Crippen LogP contribution >= 0.6 is 11.3 Å². The van der Waals surface area contributed by atoms with Gasteiger partial charge in [-0.05, 0) is 41.0 Å². The molecule has 1 aromatic carbocycles. The van der Waals surface area contributed by atoms with E-state index in [1.165, 1.54) is 11.3 Å².